The summed E-state index contributed by atoms with van der Waals surface area (Å²) in [5.41, 5.74) is 0. The average Bonchev–Trinajstić information content (AvgIpc) is 2.66. The lowest BCUT2D eigenvalue weighted by molar-refractivity contribution is 0.414. The van der Waals surface area contributed by atoms with Crippen LogP contribution in [0.15, 0.2) is 52.5 Å². The van der Waals surface area contributed by atoms with E-state index in [-0.39, 0.29) is 0 Å². The van der Waals surface area contributed by atoms with Gasteiger partial charge in [0.15, 0.2) is 0 Å². The first-order valence-electron chi connectivity index (χ1n) is 4.73. The van der Waals surface area contributed by atoms with Gasteiger partial charge in [-0.1, -0.05) is 11.8 Å². The number of hydrogen-bond acceptors (Lipinski definition) is 2. The largest absolute Gasteiger partial charge is 0.497 e. The molecule has 0 fully saturated rings. The van der Waals surface area contributed by atoms with E-state index in [1.807, 2.05) is 31.4 Å². The van der Waals surface area contributed by atoms with Gasteiger partial charge in [0, 0.05) is 18.1 Å². The van der Waals surface area contributed by atoms with E-state index < -0.39 is 0 Å². The Kier molecular flexibility index (Phi) is 3.02. The van der Waals surface area contributed by atoms with E-state index in [4.69, 9.17) is 4.74 Å². The SMILES string of the molecule is COc1ccc(Sc2cccn2C)cc1. The average molecular weight is 219 g/mol. The van der Waals surface area contributed by atoms with Gasteiger partial charge in [0.25, 0.3) is 0 Å². The van der Waals surface area contributed by atoms with Crippen molar-refractivity contribution in [2.24, 2.45) is 7.05 Å². The molecule has 0 bridgehead atoms. The highest BCUT2D eigenvalue weighted by atomic mass is 32.2. The monoisotopic (exact) mass is 219 g/mol. The molecule has 15 heavy (non-hydrogen) atoms. The molecule has 3 heteroatoms. The third-order valence-electron chi connectivity index (χ3n) is 2.18. The van der Waals surface area contributed by atoms with Crippen LogP contribution in [0.5, 0.6) is 5.75 Å². The van der Waals surface area contributed by atoms with Gasteiger partial charge in [-0.25, -0.2) is 0 Å². The Morgan fingerprint density at radius 3 is 2.40 bits per heavy atom. The molecule has 0 saturated carbocycles. The van der Waals surface area contributed by atoms with Crippen molar-refractivity contribution in [2.45, 2.75) is 9.92 Å². The van der Waals surface area contributed by atoms with Crippen LogP contribution >= 0.6 is 11.8 Å². The van der Waals surface area contributed by atoms with Gasteiger partial charge in [-0.2, -0.15) is 0 Å². The van der Waals surface area contributed by atoms with Crippen molar-refractivity contribution in [3.05, 3.63) is 42.6 Å². The maximum absolute atomic E-state index is 5.11. The van der Waals surface area contributed by atoms with Crippen LogP contribution in [0.4, 0.5) is 0 Å². The molecule has 2 nitrogen and oxygen atoms in total. The Hall–Kier alpha value is -1.35. The number of ether oxygens (including phenoxy) is 1. The zero-order valence-corrected chi connectivity index (χ0v) is 9.62. The summed E-state index contributed by atoms with van der Waals surface area (Å²) in [6.45, 7) is 0. The molecular weight excluding hydrogens is 206 g/mol. The molecule has 0 spiro atoms. The summed E-state index contributed by atoms with van der Waals surface area (Å²) in [5.74, 6) is 0.895. The second kappa shape index (κ2) is 4.45. The minimum atomic E-state index is 0.895. The van der Waals surface area contributed by atoms with Crippen LogP contribution in [-0.2, 0) is 7.05 Å². The predicted molar refractivity (Wildman–Crippen MR) is 62.5 cm³/mol. The lowest BCUT2D eigenvalue weighted by atomic mass is 10.3. The zero-order chi connectivity index (χ0) is 10.7. The van der Waals surface area contributed by atoms with Gasteiger partial charge in [-0.15, -0.1) is 0 Å². The van der Waals surface area contributed by atoms with Crippen molar-refractivity contribution in [1.29, 1.82) is 0 Å². The Morgan fingerprint density at radius 2 is 1.87 bits per heavy atom. The first-order chi connectivity index (χ1) is 7.29. The number of aryl methyl sites for hydroxylation is 1. The van der Waals surface area contributed by atoms with Crippen LogP contribution < -0.4 is 4.74 Å². The van der Waals surface area contributed by atoms with Gasteiger partial charge in [-0.05, 0) is 36.4 Å². The number of hydrogen-bond donors (Lipinski definition) is 0. The van der Waals surface area contributed by atoms with E-state index in [0.717, 1.165) is 5.75 Å². The molecule has 1 aromatic heterocycles. The molecule has 0 aliphatic rings. The highest BCUT2D eigenvalue weighted by molar-refractivity contribution is 7.99. The fourth-order valence-corrected chi connectivity index (χ4v) is 2.18. The van der Waals surface area contributed by atoms with E-state index in [2.05, 4.69) is 22.8 Å². The smallest absolute Gasteiger partial charge is 0.118 e. The van der Waals surface area contributed by atoms with E-state index in [1.165, 1.54) is 9.92 Å². The van der Waals surface area contributed by atoms with Crippen molar-refractivity contribution >= 4 is 11.8 Å². The molecule has 2 rings (SSSR count). The van der Waals surface area contributed by atoms with Crippen molar-refractivity contribution in [3.8, 4) is 5.75 Å². The molecule has 78 valence electrons. The lowest BCUT2D eigenvalue weighted by Gasteiger charge is -2.04. The molecule has 0 N–H and O–H groups in total. The number of benzene rings is 1. The molecule has 0 unspecified atom stereocenters. The molecule has 0 saturated heterocycles. The van der Waals surface area contributed by atoms with E-state index in [1.54, 1.807) is 18.9 Å². The zero-order valence-electron chi connectivity index (χ0n) is 8.81. The van der Waals surface area contributed by atoms with Crippen molar-refractivity contribution < 1.29 is 4.74 Å². The van der Waals surface area contributed by atoms with Crippen molar-refractivity contribution in [1.82, 2.24) is 4.57 Å². The number of methoxy groups -OCH3 is 1. The minimum absolute atomic E-state index is 0.895. The van der Waals surface area contributed by atoms with E-state index >= 15 is 0 Å². The Morgan fingerprint density at radius 1 is 1.13 bits per heavy atom. The summed E-state index contributed by atoms with van der Waals surface area (Å²) in [6, 6.07) is 12.2. The first kappa shape index (κ1) is 10.2. The summed E-state index contributed by atoms with van der Waals surface area (Å²) in [4.78, 5) is 1.22. The maximum Gasteiger partial charge on any atom is 0.118 e. The van der Waals surface area contributed by atoms with Crippen LogP contribution in [-0.4, -0.2) is 11.7 Å². The van der Waals surface area contributed by atoms with E-state index in [9.17, 15) is 0 Å². The quantitative estimate of drug-likeness (QED) is 0.787. The van der Waals surface area contributed by atoms with Crippen LogP contribution in [0, 0.1) is 0 Å². The Labute approximate surface area is 93.9 Å². The standard InChI is InChI=1S/C12H13NOS/c1-13-9-3-4-12(13)15-11-7-5-10(14-2)6-8-11/h3-9H,1-2H3. The van der Waals surface area contributed by atoms with Gasteiger partial charge in [0.2, 0.25) is 0 Å². The molecule has 1 heterocycles. The molecular formula is C12H13NOS. The van der Waals surface area contributed by atoms with Crippen molar-refractivity contribution in [3.63, 3.8) is 0 Å². The predicted octanol–water partition coefficient (Wildman–Crippen LogP) is 3.18. The molecule has 0 aliphatic carbocycles. The van der Waals surface area contributed by atoms with Crippen LogP contribution in [0.2, 0.25) is 0 Å². The fourth-order valence-electron chi connectivity index (χ4n) is 1.32. The topological polar surface area (TPSA) is 14.2 Å². The van der Waals surface area contributed by atoms with Gasteiger partial charge in [0.1, 0.15) is 5.75 Å². The van der Waals surface area contributed by atoms with Gasteiger partial charge < -0.3 is 9.30 Å². The van der Waals surface area contributed by atoms with Crippen molar-refractivity contribution in [2.75, 3.05) is 7.11 Å². The molecule has 0 radical (unpaired) electrons. The normalized spacial score (nSPS) is 10.3. The van der Waals surface area contributed by atoms with Gasteiger partial charge >= 0.3 is 0 Å². The summed E-state index contributed by atoms with van der Waals surface area (Å²) < 4.78 is 7.22. The molecule has 1 aromatic carbocycles. The van der Waals surface area contributed by atoms with Gasteiger partial charge in [0.05, 0.1) is 12.1 Å². The molecule has 0 amide bonds. The maximum atomic E-state index is 5.11. The lowest BCUT2D eigenvalue weighted by Crippen LogP contribution is -1.86. The number of aromatic nitrogens is 1. The minimum Gasteiger partial charge on any atom is -0.497 e. The van der Waals surface area contributed by atoms with Crippen LogP contribution in [0.3, 0.4) is 0 Å². The summed E-state index contributed by atoms with van der Waals surface area (Å²) in [7, 11) is 3.73. The number of rotatable bonds is 3. The van der Waals surface area contributed by atoms with Crippen LogP contribution in [0.1, 0.15) is 0 Å². The Balaban J connectivity index is 2.14. The second-order valence-corrected chi connectivity index (χ2v) is 4.33. The molecule has 0 aliphatic heterocycles. The fraction of sp³-hybridized carbons (Fsp3) is 0.167. The Bertz CT molecular complexity index is 433. The number of nitrogens with zero attached hydrogens (tertiary/aromatic N) is 1. The summed E-state index contributed by atoms with van der Waals surface area (Å²) in [5, 5.41) is 1.24. The molecule has 0 atom stereocenters. The highest BCUT2D eigenvalue weighted by Gasteiger charge is 2.00. The van der Waals surface area contributed by atoms with Crippen LogP contribution in [0.25, 0.3) is 0 Å². The molecule has 2 aromatic rings. The third kappa shape index (κ3) is 2.36. The van der Waals surface area contributed by atoms with E-state index in [0.29, 0.717) is 0 Å². The highest BCUT2D eigenvalue weighted by Crippen LogP contribution is 2.28. The first-order valence-corrected chi connectivity index (χ1v) is 5.54. The van der Waals surface area contributed by atoms with Gasteiger partial charge in [-0.3, -0.25) is 0 Å². The summed E-state index contributed by atoms with van der Waals surface area (Å²) in [6.07, 6.45) is 2.05. The third-order valence-corrected chi connectivity index (χ3v) is 3.32. The second-order valence-electron chi connectivity index (χ2n) is 3.23. The summed E-state index contributed by atoms with van der Waals surface area (Å²) >= 11 is 1.75.